The molecule has 0 amide bonds. The Morgan fingerprint density at radius 1 is 1.50 bits per heavy atom. The summed E-state index contributed by atoms with van der Waals surface area (Å²) in [5.41, 5.74) is 6.74. The number of esters is 1. The summed E-state index contributed by atoms with van der Waals surface area (Å²) in [6, 6.07) is 3.50. The number of halogens is 1. The number of benzene rings is 1. The molecule has 0 spiro atoms. The van der Waals surface area contributed by atoms with Gasteiger partial charge in [0, 0.05) is 10.6 Å². The van der Waals surface area contributed by atoms with Gasteiger partial charge in [0.25, 0.3) is 0 Å². The Bertz CT molecular complexity index is 528. The second kappa shape index (κ2) is 5.62. The van der Waals surface area contributed by atoms with Crippen molar-refractivity contribution in [1.82, 2.24) is 0 Å². The Morgan fingerprint density at radius 3 is 2.65 bits per heavy atom. The highest BCUT2D eigenvalue weighted by Gasteiger charge is 2.52. The van der Waals surface area contributed by atoms with E-state index in [-0.39, 0.29) is 5.92 Å². The lowest BCUT2D eigenvalue weighted by Crippen LogP contribution is -2.48. The van der Waals surface area contributed by atoms with E-state index < -0.39 is 11.5 Å². The average Bonchev–Trinajstić information content (AvgIpc) is 3.21. The molecule has 1 saturated carbocycles. The van der Waals surface area contributed by atoms with Gasteiger partial charge in [-0.25, -0.2) is 4.79 Å². The maximum Gasteiger partial charge on any atom is 0.331 e. The highest BCUT2D eigenvalue weighted by Crippen LogP contribution is 2.48. The molecule has 5 heteroatoms. The maximum atomic E-state index is 12.4. The summed E-state index contributed by atoms with van der Waals surface area (Å²) < 4.78 is 10.6. The third kappa shape index (κ3) is 2.50. The topological polar surface area (TPSA) is 61.5 Å². The number of aryl methyl sites for hydroxylation is 1. The molecular formula is C15H20ClNO3. The Morgan fingerprint density at radius 2 is 2.15 bits per heavy atom. The lowest BCUT2D eigenvalue weighted by molar-refractivity contribution is -0.151. The van der Waals surface area contributed by atoms with E-state index >= 15 is 0 Å². The van der Waals surface area contributed by atoms with E-state index in [2.05, 4.69) is 0 Å². The minimum Gasteiger partial charge on any atom is -0.496 e. The van der Waals surface area contributed by atoms with Gasteiger partial charge in [-0.15, -0.1) is 0 Å². The van der Waals surface area contributed by atoms with Gasteiger partial charge in [-0.3, -0.25) is 0 Å². The van der Waals surface area contributed by atoms with E-state index in [1.54, 1.807) is 26.2 Å². The Kier molecular flexibility index (Phi) is 4.25. The van der Waals surface area contributed by atoms with Crippen LogP contribution in [0.1, 0.15) is 30.9 Å². The molecule has 0 bridgehead atoms. The van der Waals surface area contributed by atoms with Gasteiger partial charge >= 0.3 is 5.97 Å². The maximum absolute atomic E-state index is 12.4. The molecule has 1 atom stereocenters. The van der Waals surface area contributed by atoms with Crippen LogP contribution < -0.4 is 10.5 Å². The lowest BCUT2D eigenvalue weighted by Gasteiger charge is -2.30. The Labute approximate surface area is 124 Å². The van der Waals surface area contributed by atoms with Crippen molar-refractivity contribution in [1.29, 1.82) is 0 Å². The summed E-state index contributed by atoms with van der Waals surface area (Å²) in [5, 5.41) is 0.540. The van der Waals surface area contributed by atoms with E-state index in [0.29, 0.717) is 22.9 Å². The normalized spacial score (nSPS) is 17.4. The van der Waals surface area contributed by atoms with Gasteiger partial charge in [-0.1, -0.05) is 11.6 Å². The molecule has 0 heterocycles. The molecule has 4 nitrogen and oxygen atoms in total. The highest BCUT2D eigenvalue weighted by molar-refractivity contribution is 6.30. The third-order valence-corrected chi connectivity index (χ3v) is 3.94. The number of ether oxygens (including phenoxy) is 2. The number of hydrogen-bond acceptors (Lipinski definition) is 4. The van der Waals surface area contributed by atoms with Crippen LogP contribution in [-0.4, -0.2) is 19.7 Å². The van der Waals surface area contributed by atoms with Crippen molar-refractivity contribution in [3.63, 3.8) is 0 Å². The van der Waals surface area contributed by atoms with Crippen LogP contribution >= 0.6 is 11.6 Å². The molecule has 0 aromatic heterocycles. The second-order valence-corrected chi connectivity index (χ2v) is 5.60. The van der Waals surface area contributed by atoms with Crippen LogP contribution in [0.15, 0.2) is 12.1 Å². The quantitative estimate of drug-likeness (QED) is 0.849. The molecule has 1 fully saturated rings. The van der Waals surface area contributed by atoms with E-state index in [4.69, 9.17) is 26.8 Å². The predicted molar refractivity (Wildman–Crippen MR) is 78.0 cm³/mol. The van der Waals surface area contributed by atoms with E-state index in [1.165, 1.54) is 0 Å². The van der Waals surface area contributed by atoms with Crippen LogP contribution in [0.2, 0.25) is 5.02 Å². The number of carbonyl (C=O) groups is 1. The van der Waals surface area contributed by atoms with Crippen LogP contribution in [0, 0.1) is 12.8 Å². The van der Waals surface area contributed by atoms with Gasteiger partial charge in [-0.05, 0) is 50.3 Å². The Balaban J connectivity index is 2.57. The van der Waals surface area contributed by atoms with Crippen LogP contribution in [-0.2, 0) is 15.1 Å². The monoisotopic (exact) mass is 297 g/mol. The SMILES string of the molecule is CCOC(=O)C(N)(c1cc(Cl)cc(C)c1OC)C1CC1. The molecule has 1 aliphatic rings. The van der Waals surface area contributed by atoms with Crippen LogP contribution in [0.25, 0.3) is 0 Å². The first-order valence-electron chi connectivity index (χ1n) is 6.75. The summed E-state index contributed by atoms with van der Waals surface area (Å²) in [6.07, 6.45) is 1.81. The molecule has 1 aromatic rings. The van der Waals surface area contributed by atoms with Gasteiger partial charge in [0.1, 0.15) is 11.3 Å². The molecule has 1 unspecified atom stereocenters. The first kappa shape index (κ1) is 15.1. The van der Waals surface area contributed by atoms with E-state index in [1.807, 2.05) is 6.92 Å². The summed E-state index contributed by atoms with van der Waals surface area (Å²) in [6.45, 7) is 3.95. The fourth-order valence-electron chi connectivity index (χ4n) is 2.59. The van der Waals surface area contributed by atoms with Gasteiger partial charge in [-0.2, -0.15) is 0 Å². The molecular weight excluding hydrogens is 278 g/mol. The summed E-state index contributed by atoms with van der Waals surface area (Å²) >= 11 is 6.13. The number of hydrogen-bond donors (Lipinski definition) is 1. The second-order valence-electron chi connectivity index (χ2n) is 5.17. The summed E-state index contributed by atoms with van der Waals surface area (Å²) in [7, 11) is 1.57. The highest BCUT2D eigenvalue weighted by atomic mass is 35.5. The van der Waals surface area contributed by atoms with Gasteiger partial charge in [0.2, 0.25) is 0 Å². The van der Waals surface area contributed by atoms with Crippen molar-refractivity contribution in [3.8, 4) is 5.75 Å². The first-order valence-corrected chi connectivity index (χ1v) is 7.13. The standard InChI is InChI=1S/C15H20ClNO3/c1-4-20-14(18)15(17,10-5-6-10)12-8-11(16)7-9(2)13(12)19-3/h7-8,10H,4-6,17H2,1-3H3. The van der Waals surface area contributed by atoms with Gasteiger partial charge < -0.3 is 15.2 Å². The molecule has 1 aromatic carbocycles. The molecule has 0 aliphatic heterocycles. The largest absolute Gasteiger partial charge is 0.496 e. The lowest BCUT2D eigenvalue weighted by atomic mass is 9.84. The van der Waals surface area contributed by atoms with Crippen molar-refractivity contribution in [2.24, 2.45) is 11.7 Å². The van der Waals surface area contributed by atoms with Crippen molar-refractivity contribution >= 4 is 17.6 Å². The van der Waals surface area contributed by atoms with Crippen molar-refractivity contribution in [3.05, 3.63) is 28.3 Å². The van der Waals surface area contributed by atoms with Crippen LogP contribution in [0.5, 0.6) is 5.75 Å². The number of carbonyl (C=O) groups excluding carboxylic acids is 1. The first-order chi connectivity index (χ1) is 9.44. The van der Waals surface area contributed by atoms with Gasteiger partial charge in [0.15, 0.2) is 0 Å². The van der Waals surface area contributed by atoms with Crippen LogP contribution in [0.4, 0.5) is 0 Å². The fraction of sp³-hybridized carbons (Fsp3) is 0.533. The number of nitrogens with two attached hydrogens (primary N) is 1. The zero-order chi connectivity index (χ0) is 14.9. The number of methoxy groups -OCH3 is 1. The average molecular weight is 298 g/mol. The van der Waals surface area contributed by atoms with E-state index in [0.717, 1.165) is 18.4 Å². The Hall–Kier alpha value is -1.26. The summed E-state index contributed by atoms with van der Waals surface area (Å²) in [5.74, 6) is 0.271. The zero-order valence-corrected chi connectivity index (χ0v) is 12.8. The molecule has 2 rings (SSSR count). The van der Waals surface area contributed by atoms with Crippen molar-refractivity contribution in [2.75, 3.05) is 13.7 Å². The number of rotatable bonds is 5. The molecule has 0 radical (unpaired) electrons. The van der Waals surface area contributed by atoms with Gasteiger partial charge in [0.05, 0.1) is 13.7 Å². The molecule has 2 N–H and O–H groups in total. The van der Waals surface area contributed by atoms with E-state index in [9.17, 15) is 4.79 Å². The zero-order valence-electron chi connectivity index (χ0n) is 12.0. The third-order valence-electron chi connectivity index (χ3n) is 3.72. The minimum absolute atomic E-state index is 0.0771. The molecule has 20 heavy (non-hydrogen) atoms. The predicted octanol–water partition coefficient (Wildman–Crippen LogP) is 2.78. The van der Waals surface area contributed by atoms with Crippen molar-refractivity contribution in [2.45, 2.75) is 32.2 Å². The molecule has 110 valence electrons. The minimum atomic E-state index is -1.18. The van der Waals surface area contributed by atoms with Crippen molar-refractivity contribution < 1.29 is 14.3 Å². The smallest absolute Gasteiger partial charge is 0.331 e. The molecule has 1 aliphatic carbocycles. The van der Waals surface area contributed by atoms with Crippen LogP contribution in [0.3, 0.4) is 0 Å². The molecule has 0 saturated heterocycles. The fourth-order valence-corrected chi connectivity index (χ4v) is 2.87. The summed E-state index contributed by atoms with van der Waals surface area (Å²) in [4.78, 5) is 12.4.